The van der Waals surface area contributed by atoms with Crippen molar-refractivity contribution in [1.82, 2.24) is 10.2 Å². The van der Waals surface area contributed by atoms with E-state index in [4.69, 9.17) is 21.1 Å². The van der Waals surface area contributed by atoms with Gasteiger partial charge in [-0.25, -0.2) is 0 Å². The Labute approximate surface area is 183 Å². The zero-order valence-corrected chi connectivity index (χ0v) is 18.7. The van der Waals surface area contributed by atoms with Crippen LogP contribution in [0.3, 0.4) is 0 Å². The molecule has 0 radical (unpaired) electrons. The fourth-order valence-corrected chi connectivity index (χ4v) is 3.19. The van der Waals surface area contributed by atoms with Crippen LogP contribution in [0.1, 0.15) is 31.4 Å². The molecule has 0 aliphatic heterocycles. The second-order valence-electron chi connectivity index (χ2n) is 6.89. The fraction of sp³-hybridized carbons (Fsp3) is 0.391. The van der Waals surface area contributed by atoms with E-state index in [9.17, 15) is 9.59 Å². The Morgan fingerprint density at radius 1 is 1.10 bits per heavy atom. The normalized spacial score (nSPS) is 11.5. The molecule has 162 valence electrons. The van der Waals surface area contributed by atoms with Gasteiger partial charge >= 0.3 is 0 Å². The Morgan fingerprint density at radius 2 is 1.77 bits per heavy atom. The van der Waals surface area contributed by atoms with E-state index in [0.29, 0.717) is 30.3 Å². The standard InChI is InChI=1S/C23H29ClN2O4/c1-5-21(23(28)25-6-2)26(14-17-7-9-18(29-4)10-8-17)22(27)15-30-19-11-12-20(24)16(3)13-19/h7-13,21H,5-6,14-15H2,1-4H3,(H,25,28)/t21-/m1/s1. The van der Waals surface area contributed by atoms with Crippen LogP contribution in [0.2, 0.25) is 5.02 Å². The molecule has 2 aromatic rings. The molecule has 0 aliphatic rings. The zero-order valence-electron chi connectivity index (χ0n) is 17.9. The van der Waals surface area contributed by atoms with E-state index in [2.05, 4.69) is 5.32 Å². The van der Waals surface area contributed by atoms with Crippen molar-refractivity contribution < 1.29 is 19.1 Å². The van der Waals surface area contributed by atoms with E-state index < -0.39 is 6.04 Å². The number of aryl methyl sites for hydroxylation is 1. The van der Waals surface area contributed by atoms with Gasteiger partial charge in [-0.1, -0.05) is 30.7 Å². The van der Waals surface area contributed by atoms with Crippen molar-refractivity contribution in [3.05, 3.63) is 58.6 Å². The summed E-state index contributed by atoms with van der Waals surface area (Å²) in [6.45, 7) is 6.23. The Morgan fingerprint density at radius 3 is 2.33 bits per heavy atom. The van der Waals surface area contributed by atoms with Gasteiger partial charge in [0.1, 0.15) is 17.5 Å². The predicted octanol–water partition coefficient (Wildman–Crippen LogP) is 3.98. The lowest BCUT2D eigenvalue weighted by Crippen LogP contribution is -2.50. The summed E-state index contributed by atoms with van der Waals surface area (Å²) < 4.78 is 10.9. The molecule has 0 saturated heterocycles. The summed E-state index contributed by atoms with van der Waals surface area (Å²) in [6, 6.07) is 12.1. The highest BCUT2D eigenvalue weighted by molar-refractivity contribution is 6.31. The Bertz CT molecular complexity index is 855. The molecular formula is C23H29ClN2O4. The fourth-order valence-electron chi connectivity index (χ4n) is 3.07. The molecule has 1 atom stereocenters. The van der Waals surface area contributed by atoms with E-state index >= 15 is 0 Å². The molecule has 0 bridgehead atoms. The molecule has 2 aromatic carbocycles. The summed E-state index contributed by atoms with van der Waals surface area (Å²) in [5, 5.41) is 3.45. The number of methoxy groups -OCH3 is 1. The van der Waals surface area contributed by atoms with Gasteiger partial charge in [-0.2, -0.15) is 0 Å². The zero-order chi connectivity index (χ0) is 22.1. The van der Waals surface area contributed by atoms with Crippen molar-refractivity contribution in [3.8, 4) is 11.5 Å². The van der Waals surface area contributed by atoms with Crippen LogP contribution < -0.4 is 14.8 Å². The number of halogens is 1. The number of carbonyl (C=O) groups is 2. The number of ether oxygens (including phenoxy) is 2. The molecule has 1 N–H and O–H groups in total. The summed E-state index contributed by atoms with van der Waals surface area (Å²) in [5.74, 6) is 0.843. The smallest absolute Gasteiger partial charge is 0.261 e. The molecule has 0 saturated carbocycles. The van der Waals surface area contributed by atoms with Crippen LogP contribution in [-0.2, 0) is 16.1 Å². The SMILES string of the molecule is CCNC(=O)[C@@H](CC)N(Cc1ccc(OC)cc1)C(=O)COc1ccc(Cl)c(C)c1. The summed E-state index contributed by atoms with van der Waals surface area (Å²) in [7, 11) is 1.60. The molecule has 6 nitrogen and oxygen atoms in total. The number of likely N-dealkylation sites (N-methyl/N-ethyl adjacent to an activating group) is 1. The average Bonchev–Trinajstić information content (AvgIpc) is 2.74. The maximum atomic E-state index is 13.1. The molecule has 0 aliphatic carbocycles. The van der Waals surface area contributed by atoms with Crippen molar-refractivity contribution in [2.24, 2.45) is 0 Å². The van der Waals surface area contributed by atoms with Gasteiger partial charge in [-0.3, -0.25) is 9.59 Å². The van der Waals surface area contributed by atoms with E-state index in [1.54, 1.807) is 30.2 Å². The van der Waals surface area contributed by atoms with Crippen LogP contribution in [0.5, 0.6) is 11.5 Å². The van der Waals surface area contributed by atoms with Gasteiger partial charge in [0.25, 0.3) is 5.91 Å². The van der Waals surface area contributed by atoms with E-state index in [0.717, 1.165) is 16.9 Å². The van der Waals surface area contributed by atoms with Crippen LogP contribution in [0.25, 0.3) is 0 Å². The minimum absolute atomic E-state index is 0.173. The quantitative estimate of drug-likeness (QED) is 0.616. The van der Waals surface area contributed by atoms with E-state index in [1.807, 2.05) is 45.0 Å². The Kier molecular flexibility index (Phi) is 8.99. The maximum absolute atomic E-state index is 13.1. The summed E-state index contributed by atoms with van der Waals surface area (Å²) >= 11 is 6.05. The third-order valence-corrected chi connectivity index (χ3v) is 5.16. The monoisotopic (exact) mass is 432 g/mol. The van der Waals surface area contributed by atoms with Crippen LogP contribution in [0.15, 0.2) is 42.5 Å². The molecule has 30 heavy (non-hydrogen) atoms. The Balaban J connectivity index is 2.19. The lowest BCUT2D eigenvalue weighted by molar-refractivity contribution is -0.142. The van der Waals surface area contributed by atoms with Gasteiger partial charge in [0.2, 0.25) is 5.91 Å². The number of nitrogens with one attached hydrogen (secondary N) is 1. The topological polar surface area (TPSA) is 67.9 Å². The number of benzene rings is 2. The summed E-state index contributed by atoms with van der Waals surface area (Å²) in [5.41, 5.74) is 1.76. The van der Waals surface area contributed by atoms with Crippen molar-refractivity contribution in [3.63, 3.8) is 0 Å². The van der Waals surface area contributed by atoms with E-state index in [-0.39, 0.29) is 18.4 Å². The number of nitrogens with zero attached hydrogens (tertiary/aromatic N) is 1. The summed E-state index contributed by atoms with van der Waals surface area (Å²) in [4.78, 5) is 27.2. The predicted molar refractivity (Wildman–Crippen MR) is 118 cm³/mol. The summed E-state index contributed by atoms with van der Waals surface area (Å²) in [6.07, 6.45) is 0.494. The minimum atomic E-state index is -0.588. The highest BCUT2D eigenvalue weighted by Gasteiger charge is 2.28. The highest BCUT2D eigenvalue weighted by Crippen LogP contribution is 2.21. The highest BCUT2D eigenvalue weighted by atomic mass is 35.5. The Hall–Kier alpha value is -2.73. The molecule has 0 spiro atoms. The molecule has 7 heteroatoms. The first-order valence-electron chi connectivity index (χ1n) is 9.98. The third-order valence-electron chi connectivity index (χ3n) is 4.74. The molecule has 0 fully saturated rings. The number of amides is 2. The molecule has 2 rings (SSSR count). The number of hydrogen-bond donors (Lipinski definition) is 1. The molecule has 0 heterocycles. The molecular weight excluding hydrogens is 404 g/mol. The first-order valence-corrected chi connectivity index (χ1v) is 10.4. The maximum Gasteiger partial charge on any atom is 0.261 e. The third kappa shape index (κ3) is 6.39. The largest absolute Gasteiger partial charge is 0.497 e. The number of carbonyl (C=O) groups excluding carboxylic acids is 2. The molecule has 0 aromatic heterocycles. The van der Waals surface area contributed by atoms with Crippen LogP contribution >= 0.6 is 11.6 Å². The van der Waals surface area contributed by atoms with Crippen LogP contribution in [0.4, 0.5) is 0 Å². The van der Waals surface area contributed by atoms with Gasteiger partial charge in [0.15, 0.2) is 6.61 Å². The lowest BCUT2D eigenvalue weighted by Gasteiger charge is -2.30. The molecule has 0 unspecified atom stereocenters. The van der Waals surface area contributed by atoms with Crippen molar-refractivity contribution in [2.75, 3.05) is 20.3 Å². The lowest BCUT2D eigenvalue weighted by atomic mass is 10.1. The first kappa shape index (κ1) is 23.5. The molecule has 2 amide bonds. The minimum Gasteiger partial charge on any atom is -0.497 e. The van der Waals surface area contributed by atoms with Gasteiger partial charge < -0.3 is 19.7 Å². The number of hydrogen-bond acceptors (Lipinski definition) is 4. The van der Waals surface area contributed by atoms with Crippen LogP contribution in [0, 0.1) is 6.92 Å². The second-order valence-corrected chi connectivity index (χ2v) is 7.30. The number of rotatable bonds is 10. The van der Waals surface area contributed by atoms with E-state index in [1.165, 1.54) is 0 Å². The van der Waals surface area contributed by atoms with Crippen molar-refractivity contribution >= 4 is 23.4 Å². The van der Waals surface area contributed by atoms with Crippen molar-refractivity contribution in [1.29, 1.82) is 0 Å². The first-order chi connectivity index (χ1) is 14.4. The van der Waals surface area contributed by atoms with Gasteiger partial charge in [0.05, 0.1) is 7.11 Å². The van der Waals surface area contributed by atoms with Crippen molar-refractivity contribution in [2.45, 2.75) is 39.8 Å². The van der Waals surface area contributed by atoms with Gasteiger partial charge in [-0.15, -0.1) is 0 Å². The average molecular weight is 433 g/mol. The van der Waals surface area contributed by atoms with Gasteiger partial charge in [-0.05, 0) is 61.7 Å². The second kappa shape index (κ2) is 11.5. The van der Waals surface area contributed by atoms with Crippen LogP contribution in [-0.4, -0.2) is 43.0 Å². The van der Waals surface area contributed by atoms with Gasteiger partial charge in [0, 0.05) is 18.1 Å².